The van der Waals surface area contributed by atoms with Crippen molar-refractivity contribution in [3.63, 3.8) is 0 Å². The first-order chi connectivity index (χ1) is 12.7. The Morgan fingerprint density at radius 3 is 2.52 bits per heavy atom. The smallest absolute Gasteiger partial charge is 0.393 e. The third kappa shape index (κ3) is 4.52. The van der Waals surface area contributed by atoms with Gasteiger partial charge in [0.25, 0.3) is 5.91 Å². The topological polar surface area (TPSA) is 67.6 Å². The second-order valence-corrected chi connectivity index (χ2v) is 8.46. The molecule has 5 nitrogen and oxygen atoms in total. The SMILES string of the molecule is O=C(c1ccc(CS(=O)(=O)c2ccccc2)o1)N1CCC[C@@H](C(F)(F)F)C1. The first kappa shape index (κ1) is 19.5. The van der Waals surface area contributed by atoms with Crippen molar-refractivity contribution in [3.05, 3.63) is 54.0 Å². The summed E-state index contributed by atoms with van der Waals surface area (Å²) in [5, 5.41) is 0. The van der Waals surface area contributed by atoms with E-state index < -0.39 is 40.1 Å². The Labute approximate surface area is 154 Å². The molecule has 2 heterocycles. The van der Waals surface area contributed by atoms with E-state index in [9.17, 15) is 26.4 Å². The fraction of sp³-hybridized carbons (Fsp3) is 0.389. The summed E-state index contributed by atoms with van der Waals surface area (Å²) in [5.74, 6) is -2.74. The van der Waals surface area contributed by atoms with Gasteiger partial charge in [-0.1, -0.05) is 18.2 Å². The van der Waals surface area contributed by atoms with Gasteiger partial charge < -0.3 is 9.32 Å². The molecule has 0 radical (unpaired) electrons. The van der Waals surface area contributed by atoms with Crippen molar-refractivity contribution in [2.24, 2.45) is 5.92 Å². The summed E-state index contributed by atoms with van der Waals surface area (Å²) < 4.78 is 68.7. The lowest BCUT2D eigenvalue weighted by atomic mass is 9.97. The molecule has 1 aliphatic heterocycles. The highest BCUT2D eigenvalue weighted by Gasteiger charge is 2.43. The summed E-state index contributed by atoms with van der Waals surface area (Å²) in [6.45, 7) is -0.204. The van der Waals surface area contributed by atoms with Gasteiger partial charge in [0.1, 0.15) is 11.5 Å². The maximum atomic E-state index is 12.9. The van der Waals surface area contributed by atoms with Gasteiger partial charge in [0.15, 0.2) is 15.6 Å². The standard InChI is InChI=1S/C18H18F3NO4S/c19-18(20,21)13-5-4-10-22(11-13)17(23)16-9-8-14(26-16)12-27(24,25)15-6-2-1-3-7-15/h1-3,6-9,13H,4-5,10-12H2/t13-/m1/s1. The molecule has 1 atom stereocenters. The first-order valence-electron chi connectivity index (χ1n) is 8.39. The summed E-state index contributed by atoms with van der Waals surface area (Å²) >= 11 is 0. The van der Waals surface area contributed by atoms with Gasteiger partial charge >= 0.3 is 6.18 Å². The quantitative estimate of drug-likeness (QED) is 0.784. The van der Waals surface area contributed by atoms with E-state index in [1.807, 2.05) is 0 Å². The van der Waals surface area contributed by atoms with Gasteiger partial charge in [0.05, 0.1) is 10.8 Å². The van der Waals surface area contributed by atoms with Crippen LogP contribution in [0.5, 0.6) is 0 Å². The summed E-state index contributed by atoms with van der Waals surface area (Å²) in [6, 6.07) is 10.4. The van der Waals surface area contributed by atoms with Crippen LogP contribution in [0.15, 0.2) is 51.8 Å². The molecule has 0 bridgehead atoms. The van der Waals surface area contributed by atoms with E-state index in [0.29, 0.717) is 0 Å². The van der Waals surface area contributed by atoms with Crippen molar-refractivity contribution >= 4 is 15.7 Å². The molecule has 0 N–H and O–H groups in total. The number of benzene rings is 1. The molecule has 0 saturated carbocycles. The molecule has 3 rings (SSSR count). The molecule has 27 heavy (non-hydrogen) atoms. The zero-order valence-corrected chi connectivity index (χ0v) is 15.1. The Kier molecular flexibility index (Phi) is 5.32. The van der Waals surface area contributed by atoms with E-state index >= 15 is 0 Å². The second kappa shape index (κ2) is 7.38. The number of hydrogen-bond acceptors (Lipinski definition) is 4. The predicted octanol–water partition coefficient (Wildman–Crippen LogP) is 3.67. The summed E-state index contributed by atoms with van der Waals surface area (Å²) in [4.78, 5) is 13.7. The highest BCUT2D eigenvalue weighted by molar-refractivity contribution is 7.90. The number of amides is 1. The third-order valence-electron chi connectivity index (χ3n) is 4.48. The van der Waals surface area contributed by atoms with Gasteiger partial charge in [-0.25, -0.2) is 8.42 Å². The molecular formula is C18H18F3NO4S. The Bertz CT molecular complexity index is 906. The van der Waals surface area contributed by atoms with Crippen molar-refractivity contribution < 1.29 is 30.8 Å². The third-order valence-corrected chi connectivity index (χ3v) is 6.13. The minimum atomic E-state index is -4.35. The number of piperidine rings is 1. The van der Waals surface area contributed by atoms with E-state index in [4.69, 9.17) is 4.42 Å². The summed E-state index contributed by atoms with van der Waals surface area (Å²) in [6.07, 6.45) is -4.10. The molecule has 1 aromatic heterocycles. The van der Waals surface area contributed by atoms with E-state index in [0.717, 1.165) is 4.90 Å². The van der Waals surface area contributed by atoms with Crippen LogP contribution in [0.1, 0.15) is 29.2 Å². The van der Waals surface area contributed by atoms with E-state index in [1.54, 1.807) is 18.2 Å². The Balaban J connectivity index is 1.71. The van der Waals surface area contributed by atoms with Crippen LogP contribution >= 0.6 is 0 Å². The summed E-state index contributed by atoms with van der Waals surface area (Å²) in [5.41, 5.74) is 0. The minimum Gasteiger partial charge on any atom is -0.455 e. The lowest BCUT2D eigenvalue weighted by Crippen LogP contribution is -2.44. The fourth-order valence-corrected chi connectivity index (χ4v) is 4.32. The molecule has 2 aromatic rings. The Morgan fingerprint density at radius 2 is 1.85 bits per heavy atom. The van der Waals surface area contributed by atoms with Crippen molar-refractivity contribution in [3.8, 4) is 0 Å². The maximum Gasteiger partial charge on any atom is 0.393 e. The molecule has 1 fully saturated rings. The van der Waals surface area contributed by atoms with E-state index in [-0.39, 0.29) is 35.8 Å². The van der Waals surface area contributed by atoms with E-state index in [2.05, 4.69) is 0 Å². The van der Waals surface area contributed by atoms with Gasteiger partial charge in [-0.3, -0.25) is 4.79 Å². The molecule has 1 aromatic carbocycles. The fourth-order valence-electron chi connectivity index (χ4n) is 3.05. The van der Waals surface area contributed by atoms with Gasteiger partial charge in [0, 0.05) is 13.1 Å². The van der Waals surface area contributed by atoms with Crippen LogP contribution in [-0.4, -0.2) is 38.5 Å². The lowest BCUT2D eigenvalue weighted by molar-refractivity contribution is -0.184. The molecule has 1 amide bonds. The van der Waals surface area contributed by atoms with Crippen LogP contribution in [0.2, 0.25) is 0 Å². The molecular weight excluding hydrogens is 383 g/mol. The minimum absolute atomic E-state index is 0.00793. The van der Waals surface area contributed by atoms with Crippen LogP contribution in [0, 0.1) is 5.92 Å². The van der Waals surface area contributed by atoms with Crippen LogP contribution in [-0.2, 0) is 15.6 Å². The van der Waals surface area contributed by atoms with Crippen LogP contribution in [0.3, 0.4) is 0 Å². The van der Waals surface area contributed by atoms with Crippen LogP contribution < -0.4 is 0 Å². The zero-order valence-electron chi connectivity index (χ0n) is 14.3. The van der Waals surface area contributed by atoms with Crippen LogP contribution in [0.4, 0.5) is 13.2 Å². The van der Waals surface area contributed by atoms with Crippen LogP contribution in [0.25, 0.3) is 0 Å². The predicted molar refractivity (Wildman–Crippen MR) is 90.7 cm³/mol. The molecule has 0 unspecified atom stereocenters. The maximum absolute atomic E-state index is 12.9. The number of hydrogen-bond donors (Lipinski definition) is 0. The van der Waals surface area contributed by atoms with Crippen molar-refractivity contribution in [2.45, 2.75) is 29.7 Å². The molecule has 146 valence electrons. The number of likely N-dealkylation sites (tertiary alicyclic amines) is 1. The van der Waals surface area contributed by atoms with Crippen molar-refractivity contribution in [2.75, 3.05) is 13.1 Å². The molecule has 0 aliphatic carbocycles. The molecule has 1 aliphatic rings. The monoisotopic (exact) mass is 401 g/mol. The van der Waals surface area contributed by atoms with Crippen molar-refractivity contribution in [1.82, 2.24) is 4.90 Å². The average Bonchev–Trinajstić information content (AvgIpc) is 3.09. The number of carbonyl (C=O) groups excluding carboxylic acids is 1. The number of rotatable bonds is 4. The van der Waals surface area contributed by atoms with Gasteiger partial charge in [0.2, 0.25) is 0 Å². The first-order valence-corrected chi connectivity index (χ1v) is 10.0. The molecule has 0 spiro atoms. The van der Waals surface area contributed by atoms with Gasteiger partial charge in [-0.15, -0.1) is 0 Å². The average molecular weight is 401 g/mol. The molecule has 1 saturated heterocycles. The Morgan fingerprint density at radius 1 is 1.15 bits per heavy atom. The number of carbonyl (C=O) groups is 1. The highest BCUT2D eigenvalue weighted by atomic mass is 32.2. The number of nitrogens with zero attached hydrogens (tertiary/aromatic N) is 1. The van der Waals surface area contributed by atoms with Gasteiger partial charge in [-0.05, 0) is 37.1 Å². The number of alkyl halides is 3. The number of sulfone groups is 1. The van der Waals surface area contributed by atoms with Gasteiger partial charge in [-0.2, -0.15) is 13.2 Å². The number of halogens is 3. The summed E-state index contributed by atoms with van der Waals surface area (Å²) in [7, 11) is -3.65. The Hall–Kier alpha value is -2.29. The zero-order chi connectivity index (χ0) is 19.7. The highest BCUT2D eigenvalue weighted by Crippen LogP contribution is 2.33. The normalized spacial score (nSPS) is 18.5. The van der Waals surface area contributed by atoms with Crippen molar-refractivity contribution in [1.29, 1.82) is 0 Å². The molecule has 9 heteroatoms. The van der Waals surface area contributed by atoms with E-state index in [1.165, 1.54) is 24.3 Å². The lowest BCUT2D eigenvalue weighted by Gasteiger charge is -2.33. The number of furan rings is 1. The largest absolute Gasteiger partial charge is 0.455 e. The second-order valence-electron chi connectivity index (χ2n) is 6.47.